The molecule has 0 saturated heterocycles. The summed E-state index contributed by atoms with van der Waals surface area (Å²) in [5, 5.41) is 8.34. The lowest BCUT2D eigenvalue weighted by atomic mass is 10.2. The van der Waals surface area contributed by atoms with Gasteiger partial charge in [0.05, 0.1) is 0 Å². The number of rotatable bonds is 2. The Bertz CT molecular complexity index is 340. The fraction of sp³-hybridized carbons (Fsp3) is 0. The van der Waals surface area contributed by atoms with E-state index in [0.717, 1.165) is 6.08 Å². The van der Waals surface area contributed by atoms with Gasteiger partial charge < -0.3 is 5.11 Å². The Morgan fingerprint density at radius 2 is 2.23 bits per heavy atom. The quantitative estimate of drug-likeness (QED) is 0.672. The highest BCUT2D eigenvalue weighted by Gasteiger charge is 2.02. The molecular weight excluding hydrogens is 286 g/mol. The number of benzene rings is 1. The summed E-state index contributed by atoms with van der Waals surface area (Å²) in [7, 11) is 0. The second kappa shape index (κ2) is 4.36. The zero-order chi connectivity index (χ0) is 9.84. The third kappa shape index (κ3) is 2.80. The van der Waals surface area contributed by atoms with Gasteiger partial charge in [-0.2, -0.15) is 0 Å². The van der Waals surface area contributed by atoms with Gasteiger partial charge in [0.15, 0.2) is 0 Å². The van der Waals surface area contributed by atoms with Crippen molar-refractivity contribution in [3.05, 3.63) is 39.2 Å². The lowest BCUT2D eigenvalue weighted by molar-refractivity contribution is -0.131. The van der Waals surface area contributed by atoms with E-state index in [1.807, 2.05) is 22.6 Å². The SMILES string of the molecule is O=C(O)/C=C/c1c(F)cccc1I. The molecule has 13 heavy (non-hydrogen) atoms. The maximum absolute atomic E-state index is 13.1. The first-order valence-corrected chi connectivity index (χ1v) is 4.54. The van der Waals surface area contributed by atoms with E-state index in [4.69, 9.17) is 5.11 Å². The summed E-state index contributed by atoms with van der Waals surface area (Å²) in [6, 6.07) is 4.59. The van der Waals surface area contributed by atoms with Crippen LogP contribution in [0.4, 0.5) is 4.39 Å². The van der Waals surface area contributed by atoms with Crippen LogP contribution in [0.15, 0.2) is 24.3 Å². The van der Waals surface area contributed by atoms with E-state index >= 15 is 0 Å². The van der Waals surface area contributed by atoms with Crippen LogP contribution in [-0.2, 0) is 4.79 Å². The smallest absolute Gasteiger partial charge is 0.328 e. The molecule has 0 heterocycles. The van der Waals surface area contributed by atoms with Crippen molar-refractivity contribution >= 4 is 34.6 Å². The van der Waals surface area contributed by atoms with Crippen molar-refractivity contribution in [3.8, 4) is 0 Å². The molecule has 0 fully saturated rings. The van der Waals surface area contributed by atoms with Crippen molar-refractivity contribution in [2.45, 2.75) is 0 Å². The predicted molar refractivity (Wildman–Crippen MR) is 55.8 cm³/mol. The Kier molecular flexibility index (Phi) is 3.41. The van der Waals surface area contributed by atoms with Crippen LogP contribution in [0.25, 0.3) is 6.08 Å². The number of carboxylic acid groups (broad SMARTS) is 1. The Labute approximate surface area is 88.2 Å². The number of carbonyl (C=O) groups is 1. The van der Waals surface area contributed by atoms with Gasteiger partial charge in [0, 0.05) is 15.2 Å². The molecule has 0 bridgehead atoms. The van der Waals surface area contributed by atoms with Crippen LogP contribution in [0.3, 0.4) is 0 Å². The monoisotopic (exact) mass is 292 g/mol. The number of carboxylic acids is 1. The van der Waals surface area contributed by atoms with Gasteiger partial charge in [0.2, 0.25) is 0 Å². The van der Waals surface area contributed by atoms with Crippen molar-refractivity contribution in [3.63, 3.8) is 0 Å². The summed E-state index contributed by atoms with van der Waals surface area (Å²) in [6.45, 7) is 0. The van der Waals surface area contributed by atoms with Crippen molar-refractivity contribution < 1.29 is 14.3 Å². The molecule has 0 aliphatic rings. The molecule has 0 amide bonds. The van der Waals surface area contributed by atoms with E-state index < -0.39 is 11.8 Å². The molecule has 0 aliphatic carbocycles. The van der Waals surface area contributed by atoms with Crippen molar-refractivity contribution in [1.29, 1.82) is 0 Å². The molecule has 0 saturated carbocycles. The van der Waals surface area contributed by atoms with Crippen LogP contribution in [0.5, 0.6) is 0 Å². The molecule has 0 aromatic heterocycles. The molecule has 2 nitrogen and oxygen atoms in total. The van der Waals surface area contributed by atoms with Gasteiger partial charge in [0.25, 0.3) is 0 Å². The average Bonchev–Trinajstić information content (AvgIpc) is 2.03. The molecule has 4 heteroatoms. The Morgan fingerprint density at radius 3 is 2.77 bits per heavy atom. The maximum atomic E-state index is 13.1. The molecule has 68 valence electrons. The van der Waals surface area contributed by atoms with E-state index in [0.29, 0.717) is 9.13 Å². The van der Waals surface area contributed by atoms with Crippen LogP contribution in [0, 0.1) is 9.39 Å². The zero-order valence-corrected chi connectivity index (χ0v) is 8.66. The average molecular weight is 292 g/mol. The number of halogens is 2. The Balaban J connectivity index is 3.06. The molecular formula is C9H6FIO2. The molecule has 0 unspecified atom stereocenters. The Morgan fingerprint density at radius 1 is 1.54 bits per heavy atom. The van der Waals surface area contributed by atoms with Gasteiger partial charge in [0.1, 0.15) is 5.82 Å². The number of hydrogen-bond acceptors (Lipinski definition) is 1. The van der Waals surface area contributed by atoms with Gasteiger partial charge in [-0.15, -0.1) is 0 Å². The van der Waals surface area contributed by atoms with Gasteiger partial charge >= 0.3 is 5.97 Å². The van der Waals surface area contributed by atoms with Gasteiger partial charge in [-0.25, -0.2) is 9.18 Å². The minimum Gasteiger partial charge on any atom is -0.478 e. The van der Waals surface area contributed by atoms with Crippen LogP contribution < -0.4 is 0 Å². The van der Waals surface area contributed by atoms with Crippen molar-refractivity contribution in [1.82, 2.24) is 0 Å². The highest BCUT2D eigenvalue weighted by Crippen LogP contribution is 2.16. The standard InChI is InChI=1S/C9H6FIO2/c10-7-2-1-3-8(11)6(7)4-5-9(12)13/h1-5H,(H,12,13)/b5-4+. The lowest BCUT2D eigenvalue weighted by Gasteiger charge is -1.98. The summed E-state index contributed by atoms with van der Waals surface area (Å²) >= 11 is 1.95. The van der Waals surface area contributed by atoms with E-state index in [1.165, 1.54) is 12.1 Å². The molecule has 1 N–H and O–H groups in total. The largest absolute Gasteiger partial charge is 0.478 e. The second-order valence-electron chi connectivity index (χ2n) is 2.31. The van der Waals surface area contributed by atoms with Gasteiger partial charge in [-0.05, 0) is 40.8 Å². The highest BCUT2D eigenvalue weighted by molar-refractivity contribution is 14.1. The molecule has 1 rings (SSSR count). The van der Waals surface area contributed by atoms with E-state index in [-0.39, 0.29) is 0 Å². The van der Waals surface area contributed by atoms with Crippen LogP contribution >= 0.6 is 22.6 Å². The molecule has 0 aliphatic heterocycles. The molecule has 0 spiro atoms. The molecule has 0 radical (unpaired) electrons. The van der Waals surface area contributed by atoms with Crippen LogP contribution in [-0.4, -0.2) is 11.1 Å². The minimum atomic E-state index is -1.08. The molecule has 0 atom stereocenters. The summed E-state index contributed by atoms with van der Waals surface area (Å²) in [4.78, 5) is 10.2. The third-order valence-electron chi connectivity index (χ3n) is 1.39. The first-order valence-electron chi connectivity index (χ1n) is 3.46. The van der Waals surface area contributed by atoms with Gasteiger partial charge in [-0.1, -0.05) is 6.07 Å². The summed E-state index contributed by atoms with van der Waals surface area (Å²) in [5.74, 6) is -1.50. The van der Waals surface area contributed by atoms with Crippen molar-refractivity contribution in [2.75, 3.05) is 0 Å². The summed E-state index contributed by atoms with van der Waals surface area (Å²) in [6.07, 6.45) is 2.17. The highest BCUT2D eigenvalue weighted by atomic mass is 127. The minimum absolute atomic E-state index is 0.311. The zero-order valence-electron chi connectivity index (χ0n) is 6.50. The Hall–Kier alpha value is -0.910. The first kappa shape index (κ1) is 10.2. The van der Waals surface area contributed by atoms with Crippen LogP contribution in [0.1, 0.15) is 5.56 Å². The fourth-order valence-corrected chi connectivity index (χ4v) is 1.47. The van der Waals surface area contributed by atoms with Gasteiger partial charge in [-0.3, -0.25) is 0 Å². The topological polar surface area (TPSA) is 37.3 Å². The second-order valence-corrected chi connectivity index (χ2v) is 3.47. The molecule has 1 aromatic carbocycles. The normalized spacial score (nSPS) is 10.6. The summed E-state index contributed by atoms with van der Waals surface area (Å²) in [5.41, 5.74) is 0.311. The lowest BCUT2D eigenvalue weighted by Crippen LogP contribution is -1.89. The van der Waals surface area contributed by atoms with E-state index in [1.54, 1.807) is 12.1 Å². The maximum Gasteiger partial charge on any atom is 0.328 e. The summed E-state index contributed by atoms with van der Waals surface area (Å²) < 4.78 is 13.7. The van der Waals surface area contributed by atoms with Crippen LogP contribution in [0.2, 0.25) is 0 Å². The first-order chi connectivity index (χ1) is 6.11. The van der Waals surface area contributed by atoms with E-state index in [9.17, 15) is 9.18 Å². The number of aliphatic carboxylic acids is 1. The predicted octanol–water partition coefficient (Wildman–Crippen LogP) is 2.53. The third-order valence-corrected chi connectivity index (χ3v) is 2.33. The number of hydrogen-bond donors (Lipinski definition) is 1. The fourth-order valence-electron chi connectivity index (χ4n) is 0.825. The molecule has 1 aromatic rings. The van der Waals surface area contributed by atoms with Crippen molar-refractivity contribution in [2.24, 2.45) is 0 Å². The van der Waals surface area contributed by atoms with E-state index in [2.05, 4.69) is 0 Å².